The number of rotatable bonds is 3. The van der Waals surface area contributed by atoms with Gasteiger partial charge in [0, 0.05) is 23.7 Å². The molecule has 0 aromatic rings. The van der Waals surface area contributed by atoms with E-state index < -0.39 is 11.6 Å². The Kier molecular flexibility index (Phi) is 3.10. The van der Waals surface area contributed by atoms with E-state index in [0.29, 0.717) is 42.9 Å². The van der Waals surface area contributed by atoms with Crippen LogP contribution in [0.2, 0.25) is 0 Å². The Hall–Kier alpha value is -1.20. The average molecular weight is 386 g/mol. The van der Waals surface area contributed by atoms with Crippen LogP contribution in [0.5, 0.6) is 0 Å². The van der Waals surface area contributed by atoms with Crippen LogP contribution in [-0.4, -0.2) is 39.3 Å². The van der Waals surface area contributed by atoms with Gasteiger partial charge in [-0.3, -0.25) is 9.59 Å². The Labute approximate surface area is 165 Å². The van der Waals surface area contributed by atoms with Gasteiger partial charge in [-0.2, -0.15) is 0 Å². The van der Waals surface area contributed by atoms with Crippen LogP contribution < -0.4 is 0 Å². The first-order valence-corrected chi connectivity index (χ1v) is 11.0. The van der Waals surface area contributed by atoms with Crippen molar-refractivity contribution in [2.45, 2.75) is 82.5 Å². The predicted octanol–water partition coefficient (Wildman–Crippen LogP) is 3.10. The van der Waals surface area contributed by atoms with Gasteiger partial charge in [-0.1, -0.05) is 19.4 Å². The molecule has 2 N–H and O–H groups in total. The normalized spacial score (nSPS) is 57.9. The van der Waals surface area contributed by atoms with Crippen LogP contribution in [0, 0.1) is 34.5 Å². The molecule has 1 heterocycles. The summed E-state index contributed by atoms with van der Waals surface area (Å²) in [6, 6.07) is 0. The van der Waals surface area contributed by atoms with Crippen LogP contribution >= 0.6 is 0 Å². The standard InChI is InChI=1S/C23H30O5/c1-20-6-3-12(24)9-16(20)13-10-14(13)19-15-4-7-22(27,8-5-18(25)26)21(15,2)11-17-23(19,20)28-17/h9,13-15,17,19,27H,3-8,10-11H2,1-2H3,(H,25,26)/t13-,14+,15+,17+,19+,20+,21+,22-,23?/m1/s1. The fraction of sp³-hybridized carbons (Fsp3) is 0.826. The molecule has 28 heavy (non-hydrogen) atoms. The molecule has 0 radical (unpaired) electrons. The summed E-state index contributed by atoms with van der Waals surface area (Å²) in [5, 5.41) is 20.8. The lowest BCUT2D eigenvalue weighted by Crippen LogP contribution is -2.60. The lowest BCUT2D eigenvalue weighted by molar-refractivity contribution is -0.144. The van der Waals surface area contributed by atoms with Gasteiger partial charge in [-0.15, -0.1) is 0 Å². The van der Waals surface area contributed by atoms with Gasteiger partial charge in [-0.25, -0.2) is 0 Å². The Bertz CT molecular complexity index is 833. The summed E-state index contributed by atoms with van der Waals surface area (Å²) >= 11 is 0. The Morgan fingerprint density at radius 1 is 1.32 bits per heavy atom. The van der Waals surface area contributed by atoms with Gasteiger partial charge >= 0.3 is 5.97 Å². The molecule has 5 fully saturated rings. The first kappa shape index (κ1) is 17.6. The third-order valence-electron chi connectivity index (χ3n) is 10.2. The largest absolute Gasteiger partial charge is 0.481 e. The van der Waals surface area contributed by atoms with Crippen LogP contribution in [0.3, 0.4) is 0 Å². The average Bonchev–Trinajstić information content (AvgIpc) is 3.52. The molecular formula is C23H30O5. The summed E-state index contributed by atoms with van der Waals surface area (Å²) in [5.74, 6) is 1.36. The lowest BCUT2D eigenvalue weighted by Gasteiger charge is -2.56. The SMILES string of the molecule is C[C@]12CCC(=O)C=C1[C@@H]1C[C@@H]1[C@H]1[C@@H]3CC[C@@](O)(CCC(=O)O)[C@@]3(C)C[C@@H]3OC132. The van der Waals surface area contributed by atoms with Crippen molar-refractivity contribution in [1.82, 2.24) is 0 Å². The van der Waals surface area contributed by atoms with E-state index in [9.17, 15) is 19.8 Å². The Balaban J connectivity index is 1.40. The maximum atomic E-state index is 12.1. The Morgan fingerprint density at radius 2 is 2.11 bits per heavy atom. The van der Waals surface area contributed by atoms with Gasteiger partial charge in [0.1, 0.15) is 5.60 Å². The van der Waals surface area contributed by atoms with Crippen LogP contribution in [-0.2, 0) is 14.3 Å². The number of fused-ring (bicyclic) bond motifs is 6. The summed E-state index contributed by atoms with van der Waals surface area (Å²) in [6.07, 6.45) is 7.59. The van der Waals surface area contributed by atoms with Crippen molar-refractivity contribution in [3.05, 3.63) is 11.6 Å². The number of aliphatic hydroxyl groups is 1. The van der Waals surface area contributed by atoms with Crippen LogP contribution in [0.25, 0.3) is 0 Å². The molecule has 5 nitrogen and oxygen atoms in total. The molecule has 0 aromatic carbocycles. The molecule has 9 atom stereocenters. The van der Waals surface area contributed by atoms with Gasteiger partial charge < -0.3 is 14.9 Å². The van der Waals surface area contributed by atoms with E-state index in [1.54, 1.807) is 0 Å². The van der Waals surface area contributed by atoms with Gasteiger partial charge in [0.15, 0.2) is 5.78 Å². The monoisotopic (exact) mass is 386 g/mol. The fourth-order valence-corrected chi connectivity index (χ4v) is 8.66. The zero-order chi connectivity index (χ0) is 19.7. The quantitative estimate of drug-likeness (QED) is 0.728. The van der Waals surface area contributed by atoms with Gasteiger partial charge in [0.2, 0.25) is 0 Å². The molecule has 6 rings (SSSR count). The van der Waals surface area contributed by atoms with Gasteiger partial charge in [0.05, 0.1) is 11.7 Å². The van der Waals surface area contributed by atoms with Crippen molar-refractivity contribution < 1.29 is 24.5 Å². The number of carboxylic acids is 1. The molecule has 152 valence electrons. The molecular weight excluding hydrogens is 356 g/mol. The summed E-state index contributed by atoms with van der Waals surface area (Å²) in [7, 11) is 0. The highest BCUT2D eigenvalue weighted by molar-refractivity contribution is 5.92. The number of epoxide rings is 1. The van der Waals surface area contributed by atoms with Crippen molar-refractivity contribution in [3.8, 4) is 0 Å². The molecule has 5 aliphatic carbocycles. The molecule has 1 unspecified atom stereocenters. The summed E-state index contributed by atoms with van der Waals surface area (Å²) in [6.45, 7) is 4.54. The predicted molar refractivity (Wildman–Crippen MR) is 100 cm³/mol. The number of hydrogen-bond donors (Lipinski definition) is 2. The highest BCUT2D eigenvalue weighted by Gasteiger charge is 2.84. The second-order valence-corrected chi connectivity index (χ2v) is 11.0. The molecule has 5 heteroatoms. The van der Waals surface area contributed by atoms with E-state index in [1.165, 1.54) is 5.57 Å². The van der Waals surface area contributed by atoms with Crippen molar-refractivity contribution in [3.63, 3.8) is 0 Å². The van der Waals surface area contributed by atoms with E-state index >= 15 is 0 Å². The van der Waals surface area contributed by atoms with E-state index in [4.69, 9.17) is 4.74 Å². The van der Waals surface area contributed by atoms with Crippen molar-refractivity contribution >= 4 is 11.8 Å². The van der Waals surface area contributed by atoms with Gasteiger partial charge in [0.25, 0.3) is 0 Å². The maximum absolute atomic E-state index is 12.1. The number of ketones is 1. The lowest BCUT2D eigenvalue weighted by atomic mass is 9.46. The minimum Gasteiger partial charge on any atom is -0.481 e. The second-order valence-electron chi connectivity index (χ2n) is 11.0. The number of carbonyl (C=O) groups is 2. The number of aliphatic carboxylic acids is 1. The second kappa shape index (κ2) is 4.92. The zero-order valence-corrected chi connectivity index (χ0v) is 16.7. The molecule has 6 aliphatic rings. The minimum absolute atomic E-state index is 0.0267. The van der Waals surface area contributed by atoms with Crippen molar-refractivity contribution in [1.29, 1.82) is 0 Å². The number of hydrogen-bond acceptors (Lipinski definition) is 4. The van der Waals surface area contributed by atoms with Crippen LogP contribution in [0.15, 0.2) is 11.6 Å². The van der Waals surface area contributed by atoms with Crippen LogP contribution in [0.4, 0.5) is 0 Å². The summed E-state index contributed by atoms with van der Waals surface area (Å²) in [4.78, 5) is 23.3. The topological polar surface area (TPSA) is 87.1 Å². The molecule has 1 aliphatic heterocycles. The zero-order valence-electron chi connectivity index (χ0n) is 16.7. The van der Waals surface area contributed by atoms with Crippen LogP contribution in [0.1, 0.15) is 65.2 Å². The smallest absolute Gasteiger partial charge is 0.303 e. The van der Waals surface area contributed by atoms with E-state index in [0.717, 1.165) is 25.7 Å². The number of carbonyl (C=O) groups excluding carboxylic acids is 1. The highest BCUT2D eigenvalue weighted by atomic mass is 16.6. The van der Waals surface area contributed by atoms with E-state index in [-0.39, 0.29) is 34.7 Å². The maximum Gasteiger partial charge on any atom is 0.303 e. The minimum atomic E-state index is -0.905. The third-order valence-corrected chi connectivity index (χ3v) is 10.2. The van der Waals surface area contributed by atoms with E-state index in [1.807, 2.05) is 6.08 Å². The Morgan fingerprint density at radius 3 is 2.86 bits per heavy atom. The molecule has 4 saturated carbocycles. The van der Waals surface area contributed by atoms with Crippen molar-refractivity contribution in [2.24, 2.45) is 34.5 Å². The highest BCUT2D eigenvalue weighted by Crippen LogP contribution is 2.82. The molecule has 1 saturated heterocycles. The van der Waals surface area contributed by atoms with E-state index in [2.05, 4.69) is 13.8 Å². The molecule has 0 bridgehead atoms. The molecule has 1 spiro atoms. The summed E-state index contributed by atoms with van der Waals surface area (Å²) < 4.78 is 6.62. The molecule has 0 amide bonds. The number of carboxylic acid groups (broad SMARTS) is 1. The molecule has 0 aromatic heterocycles. The van der Waals surface area contributed by atoms with Crippen molar-refractivity contribution in [2.75, 3.05) is 0 Å². The van der Waals surface area contributed by atoms with Gasteiger partial charge in [-0.05, 0) is 68.3 Å². The third kappa shape index (κ3) is 1.78. The number of ether oxygens (including phenoxy) is 1. The first-order valence-electron chi connectivity index (χ1n) is 11.0. The first-order chi connectivity index (χ1) is 13.2. The summed E-state index contributed by atoms with van der Waals surface area (Å²) in [5.41, 5.74) is -0.0168. The fourth-order valence-electron chi connectivity index (χ4n) is 8.66.